The average molecular weight is 479 g/mol. The second-order valence-electron chi connectivity index (χ2n) is 8.78. The molecule has 3 aromatic carbocycles. The second kappa shape index (κ2) is 10.7. The molecular formula is C27H28F2N4O2. The van der Waals surface area contributed by atoms with E-state index in [1.165, 1.54) is 11.1 Å². The summed E-state index contributed by atoms with van der Waals surface area (Å²) >= 11 is 0. The van der Waals surface area contributed by atoms with E-state index in [9.17, 15) is 18.4 Å². The molecule has 0 aromatic heterocycles. The van der Waals surface area contributed by atoms with E-state index in [1.54, 1.807) is 0 Å². The summed E-state index contributed by atoms with van der Waals surface area (Å²) < 4.78 is 27.3. The van der Waals surface area contributed by atoms with Gasteiger partial charge in [-0.1, -0.05) is 36.4 Å². The van der Waals surface area contributed by atoms with Gasteiger partial charge in [-0.05, 0) is 47.4 Å². The van der Waals surface area contributed by atoms with Gasteiger partial charge in [0.2, 0.25) is 0 Å². The third kappa shape index (κ3) is 5.84. The lowest BCUT2D eigenvalue weighted by Gasteiger charge is -2.36. The Bertz CT molecular complexity index is 1210. The molecule has 0 unspecified atom stereocenters. The predicted molar refractivity (Wildman–Crippen MR) is 132 cm³/mol. The normalized spacial score (nSPS) is 14.1. The minimum absolute atomic E-state index is 0.178. The summed E-state index contributed by atoms with van der Waals surface area (Å²) in [6, 6.07) is 18.8. The predicted octanol–water partition coefficient (Wildman–Crippen LogP) is 3.89. The maximum absolute atomic E-state index is 13.9. The van der Waals surface area contributed by atoms with Crippen molar-refractivity contribution in [3.63, 3.8) is 0 Å². The van der Waals surface area contributed by atoms with Gasteiger partial charge in [0.1, 0.15) is 11.6 Å². The van der Waals surface area contributed by atoms with E-state index in [4.69, 9.17) is 0 Å². The SMILES string of the molecule is CN(C)c1ccc([C@@H](CNC(=O)C(=O)Nc2cc(F)ccc2F)N2CCc3ccccc3C2)cc1. The van der Waals surface area contributed by atoms with Crippen LogP contribution in [0.25, 0.3) is 0 Å². The first-order valence-electron chi connectivity index (χ1n) is 11.4. The molecule has 8 heteroatoms. The van der Waals surface area contributed by atoms with Crippen molar-refractivity contribution in [3.8, 4) is 0 Å². The Morgan fingerprint density at radius 2 is 1.69 bits per heavy atom. The fourth-order valence-corrected chi connectivity index (χ4v) is 4.28. The van der Waals surface area contributed by atoms with Gasteiger partial charge in [-0.3, -0.25) is 14.5 Å². The number of nitrogens with one attached hydrogen (secondary N) is 2. The van der Waals surface area contributed by atoms with Crippen molar-refractivity contribution >= 4 is 23.2 Å². The van der Waals surface area contributed by atoms with Crippen molar-refractivity contribution in [1.29, 1.82) is 0 Å². The summed E-state index contributed by atoms with van der Waals surface area (Å²) in [5.41, 5.74) is 4.22. The molecule has 0 bridgehead atoms. The number of benzene rings is 3. The van der Waals surface area contributed by atoms with E-state index in [0.29, 0.717) is 6.54 Å². The molecule has 35 heavy (non-hydrogen) atoms. The second-order valence-corrected chi connectivity index (χ2v) is 8.78. The summed E-state index contributed by atoms with van der Waals surface area (Å²) in [6.07, 6.45) is 0.885. The van der Waals surface area contributed by atoms with Crippen molar-refractivity contribution in [2.75, 3.05) is 37.4 Å². The van der Waals surface area contributed by atoms with E-state index in [2.05, 4.69) is 27.7 Å². The maximum atomic E-state index is 13.9. The number of hydrogen-bond acceptors (Lipinski definition) is 4. The fourth-order valence-electron chi connectivity index (χ4n) is 4.28. The van der Waals surface area contributed by atoms with Crippen LogP contribution in [0.15, 0.2) is 66.7 Å². The molecule has 1 heterocycles. The van der Waals surface area contributed by atoms with E-state index in [0.717, 1.165) is 42.4 Å². The fraction of sp³-hybridized carbons (Fsp3) is 0.259. The van der Waals surface area contributed by atoms with Gasteiger partial charge in [-0.25, -0.2) is 8.78 Å². The minimum Gasteiger partial charge on any atom is -0.378 e. The maximum Gasteiger partial charge on any atom is 0.313 e. The number of anilines is 2. The van der Waals surface area contributed by atoms with E-state index >= 15 is 0 Å². The van der Waals surface area contributed by atoms with Gasteiger partial charge in [0.15, 0.2) is 0 Å². The molecule has 1 atom stereocenters. The van der Waals surface area contributed by atoms with Gasteiger partial charge in [-0.2, -0.15) is 0 Å². The molecule has 0 saturated heterocycles. The molecule has 1 aliphatic rings. The highest BCUT2D eigenvalue weighted by Crippen LogP contribution is 2.28. The van der Waals surface area contributed by atoms with Gasteiger partial charge in [0.25, 0.3) is 0 Å². The minimum atomic E-state index is -1.06. The average Bonchev–Trinajstić information content (AvgIpc) is 2.86. The van der Waals surface area contributed by atoms with Crippen LogP contribution in [0.4, 0.5) is 20.2 Å². The quantitative estimate of drug-likeness (QED) is 0.528. The third-order valence-corrected chi connectivity index (χ3v) is 6.23. The summed E-state index contributed by atoms with van der Waals surface area (Å²) in [5, 5.41) is 4.82. The first-order chi connectivity index (χ1) is 16.8. The number of nitrogens with zero attached hydrogens (tertiary/aromatic N) is 2. The number of carbonyl (C=O) groups excluding carboxylic acids is 2. The first kappa shape index (κ1) is 24.3. The molecule has 2 amide bonds. The van der Waals surface area contributed by atoms with Crippen LogP contribution in [0.3, 0.4) is 0 Å². The van der Waals surface area contributed by atoms with Crippen LogP contribution >= 0.6 is 0 Å². The highest BCUT2D eigenvalue weighted by molar-refractivity contribution is 6.39. The van der Waals surface area contributed by atoms with Gasteiger partial charge in [0, 0.05) is 45.5 Å². The van der Waals surface area contributed by atoms with Crippen molar-refractivity contribution in [1.82, 2.24) is 10.2 Å². The Morgan fingerprint density at radius 3 is 2.40 bits per heavy atom. The Hall–Kier alpha value is -3.78. The lowest BCUT2D eigenvalue weighted by Crippen LogP contribution is -2.43. The Balaban J connectivity index is 1.49. The van der Waals surface area contributed by atoms with Gasteiger partial charge in [-0.15, -0.1) is 0 Å². The summed E-state index contributed by atoms with van der Waals surface area (Å²) in [7, 11) is 3.93. The Morgan fingerprint density at radius 1 is 0.971 bits per heavy atom. The van der Waals surface area contributed by atoms with Crippen molar-refractivity contribution in [3.05, 3.63) is 95.1 Å². The van der Waals surface area contributed by atoms with Crippen LogP contribution in [-0.4, -0.2) is 43.9 Å². The Labute approximate surface area is 203 Å². The third-order valence-electron chi connectivity index (χ3n) is 6.23. The number of rotatable bonds is 6. The van der Waals surface area contributed by atoms with Crippen LogP contribution < -0.4 is 15.5 Å². The molecule has 0 fully saturated rings. The number of fused-ring (bicyclic) bond motifs is 1. The van der Waals surface area contributed by atoms with E-state index in [1.807, 2.05) is 55.4 Å². The summed E-state index contributed by atoms with van der Waals surface area (Å²) in [5.74, 6) is -3.51. The van der Waals surface area contributed by atoms with Gasteiger partial charge >= 0.3 is 11.8 Å². The largest absolute Gasteiger partial charge is 0.378 e. The standard InChI is InChI=1S/C27H28F2N4O2/c1-32(2)22-10-7-19(8-11-22)25(33-14-13-18-5-3-4-6-20(18)17-33)16-30-26(34)27(35)31-24-15-21(28)9-12-23(24)29/h3-12,15,25H,13-14,16-17H2,1-2H3,(H,30,34)(H,31,35)/t25-/m1/s1. The van der Waals surface area contributed by atoms with Crippen LogP contribution in [0.2, 0.25) is 0 Å². The first-order valence-corrected chi connectivity index (χ1v) is 11.4. The molecular weight excluding hydrogens is 450 g/mol. The lowest BCUT2D eigenvalue weighted by molar-refractivity contribution is -0.136. The zero-order valence-electron chi connectivity index (χ0n) is 19.7. The monoisotopic (exact) mass is 478 g/mol. The highest BCUT2D eigenvalue weighted by atomic mass is 19.1. The van der Waals surface area contributed by atoms with Crippen LogP contribution in [0.5, 0.6) is 0 Å². The summed E-state index contributed by atoms with van der Waals surface area (Å²) in [6.45, 7) is 1.70. The number of amides is 2. The smallest absolute Gasteiger partial charge is 0.313 e. The number of halogens is 2. The molecule has 2 N–H and O–H groups in total. The molecule has 3 aromatic rings. The number of carbonyl (C=O) groups is 2. The molecule has 1 aliphatic heterocycles. The van der Waals surface area contributed by atoms with Crippen LogP contribution in [0.1, 0.15) is 22.7 Å². The number of hydrogen-bond donors (Lipinski definition) is 2. The zero-order valence-corrected chi connectivity index (χ0v) is 19.7. The Kier molecular flexibility index (Phi) is 7.41. The molecule has 6 nitrogen and oxygen atoms in total. The van der Waals surface area contributed by atoms with Crippen molar-refractivity contribution in [2.45, 2.75) is 19.0 Å². The molecule has 4 rings (SSSR count). The van der Waals surface area contributed by atoms with E-state index in [-0.39, 0.29) is 18.3 Å². The van der Waals surface area contributed by atoms with E-state index < -0.39 is 23.4 Å². The molecule has 0 spiro atoms. The summed E-state index contributed by atoms with van der Waals surface area (Å²) in [4.78, 5) is 29.2. The van der Waals surface area contributed by atoms with Gasteiger partial charge in [0.05, 0.1) is 11.7 Å². The topological polar surface area (TPSA) is 64.7 Å². The lowest BCUT2D eigenvalue weighted by atomic mass is 9.96. The van der Waals surface area contributed by atoms with Crippen LogP contribution in [-0.2, 0) is 22.6 Å². The van der Waals surface area contributed by atoms with Gasteiger partial charge < -0.3 is 15.5 Å². The van der Waals surface area contributed by atoms with Crippen molar-refractivity contribution < 1.29 is 18.4 Å². The zero-order chi connectivity index (χ0) is 24.9. The molecule has 0 saturated carbocycles. The highest BCUT2D eigenvalue weighted by Gasteiger charge is 2.26. The molecule has 0 radical (unpaired) electrons. The molecule has 182 valence electrons. The van der Waals surface area contributed by atoms with Crippen LogP contribution in [0, 0.1) is 11.6 Å². The van der Waals surface area contributed by atoms with Crippen molar-refractivity contribution in [2.24, 2.45) is 0 Å². The molecule has 0 aliphatic carbocycles.